The molecule has 0 saturated heterocycles. The van der Waals surface area contributed by atoms with Crippen LogP contribution in [0.4, 0.5) is 11.5 Å². The molecule has 0 saturated carbocycles. The van der Waals surface area contributed by atoms with Gasteiger partial charge in [0, 0.05) is 18.0 Å². The summed E-state index contributed by atoms with van der Waals surface area (Å²) in [6.07, 6.45) is 1.50. The number of hydrogen-bond donors (Lipinski definition) is 3. The largest absolute Gasteiger partial charge is 0.493 e. The Morgan fingerprint density at radius 3 is 2.58 bits per heavy atom. The summed E-state index contributed by atoms with van der Waals surface area (Å²) >= 11 is 0. The number of rotatable bonds is 6. The molecule has 3 aromatic rings. The fraction of sp³-hybridized carbons (Fsp3) is 0.176. The van der Waals surface area contributed by atoms with Gasteiger partial charge in [-0.1, -0.05) is 12.1 Å². The molecule has 3 N–H and O–H groups in total. The SMILES string of the molecule is COc1cc2ncnc(NCc3cccc(NO)c3)c2cc1OC. The zero-order chi connectivity index (χ0) is 16.9. The number of nitrogens with zero attached hydrogens (tertiary/aromatic N) is 2. The molecule has 2 aromatic carbocycles. The van der Waals surface area contributed by atoms with Crippen molar-refractivity contribution in [2.24, 2.45) is 0 Å². The molecule has 0 aliphatic heterocycles. The molecule has 24 heavy (non-hydrogen) atoms. The Kier molecular flexibility index (Phi) is 4.62. The van der Waals surface area contributed by atoms with Crippen molar-refractivity contribution in [1.82, 2.24) is 9.97 Å². The summed E-state index contributed by atoms with van der Waals surface area (Å²) in [7, 11) is 3.18. The minimum atomic E-state index is 0.552. The van der Waals surface area contributed by atoms with Crippen molar-refractivity contribution in [3.05, 3.63) is 48.3 Å². The maximum absolute atomic E-state index is 8.98. The molecule has 1 heterocycles. The summed E-state index contributed by atoms with van der Waals surface area (Å²) in [4.78, 5) is 8.59. The van der Waals surface area contributed by atoms with Crippen LogP contribution in [0.1, 0.15) is 5.56 Å². The summed E-state index contributed by atoms with van der Waals surface area (Å²) < 4.78 is 10.7. The number of nitrogens with one attached hydrogen (secondary N) is 2. The zero-order valence-electron chi connectivity index (χ0n) is 13.4. The summed E-state index contributed by atoms with van der Waals surface area (Å²) in [5, 5.41) is 13.1. The molecule has 0 unspecified atom stereocenters. The molecule has 0 radical (unpaired) electrons. The minimum absolute atomic E-state index is 0.552. The summed E-state index contributed by atoms with van der Waals surface area (Å²) in [6.45, 7) is 0.552. The van der Waals surface area contributed by atoms with Crippen LogP contribution >= 0.6 is 0 Å². The van der Waals surface area contributed by atoms with Gasteiger partial charge in [-0.05, 0) is 23.8 Å². The van der Waals surface area contributed by atoms with Crippen LogP contribution in [0.3, 0.4) is 0 Å². The standard InChI is InChI=1S/C17H18N4O3/c1-23-15-7-13-14(8-16(15)24-2)19-10-20-17(13)18-9-11-4-3-5-12(6-11)21-22/h3-8,10,21-22H,9H2,1-2H3,(H,18,19,20). The van der Waals surface area contributed by atoms with Crippen LogP contribution < -0.4 is 20.3 Å². The highest BCUT2D eigenvalue weighted by Gasteiger charge is 2.10. The first-order chi connectivity index (χ1) is 11.7. The number of ether oxygens (including phenoxy) is 2. The van der Waals surface area contributed by atoms with Crippen LogP contribution in [-0.4, -0.2) is 29.4 Å². The Balaban J connectivity index is 1.91. The van der Waals surface area contributed by atoms with Crippen molar-refractivity contribution >= 4 is 22.4 Å². The van der Waals surface area contributed by atoms with Crippen molar-refractivity contribution < 1.29 is 14.7 Å². The maximum atomic E-state index is 8.98. The van der Waals surface area contributed by atoms with E-state index in [0.29, 0.717) is 29.5 Å². The van der Waals surface area contributed by atoms with E-state index in [1.807, 2.05) is 30.3 Å². The van der Waals surface area contributed by atoms with Gasteiger partial charge in [-0.2, -0.15) is 0 Å². The van der Waals surface area contributed by atoms with Crippen molar-refractivity contribution in [2.45, 2.75) is 6.54 Å². The second-order valence-corrected chi connectivity index (χ2v) is 5.11. The lowest BCUT2D eigenvalue weighted by Crippen LogP contribution is -2.03. The number of fused-ring (bicyclic) bond motifs is 1. The first-order valence-corrected chi connectivity index (χ1v) is 7.35. The van der Waals surface area contributed by atoms with E-state index in [-0.39, 0.29) is 0 Å². The van der Waals surface area contributed by atoms with Gasteiger partial charge < -0.3 is 14.8 Å². The molecule has 0 atom stereocenters. The van der Waals surface area contributed by atoms with Crippen molar-refractivity contribution in [1.29, 1.82) is 0 Å². The second-order valence-electron chi connectivity index (χ2n) is 5.11. The normalized spacial score (nSPS) is 10.5. The number of benzene rings is 2. The van der Waals surface area contributed by atoms with E-state index in [4.69, 9.17) is 14.7 Å². The summed E-state index contributed by atoms with van der Waals surface area (Å²) in [5.74, 6) is 1.94. The molecular weight excluding hydrogens is 308 g/mol. The lowest BCUT2D eigenvalue weighted by atomic mass is 10.2. The van der Waals surface area contributed by atoms with E-state index < -0.39 is 0 Å². The van der Waals surface area contributed by atoms with Crippen molar-refractivity contribution in [2.75, 3.05) is 25.0 Å². The van der Waals surface area contributed by atoms with Gasteiger partial charge >= 0.3 is 0 Å². The highest BCUT2D eigenvalue weighted by Crippen LogP contribution is 2.33. The van der Waals surface area contributed by atoms with Gasteiger partial charge in [0.25, 0.3) is 0 Å². The maximum Gasteiger partial charge on any atom is 0.162 e. The Labute approximate surface area is 139 Å². The number of aromatic nitrogens is 2. The van der Waals surface area contributed by atoms with Crippen LogP contribution in [0.5, 0.6) is 11.5 Å². The third-order valence-electron chi connectivity index (χ3n) is 3.66. The minimum Gasteiger partial charge on any atom is -0.493 e. The van der Waals surface area contributed by atoms with E-state index in [9.17, 15) is 0 Å². The van der Waals surface area contributed by atoms with Crippen LogP contribution in [0.25, 0.3) is 10.9 Å². The van der Waals surface area contributed by atoms with Crippen molar-refractivity contribution in [3.8, 4) is 11.5 Å². The van der Waals surface area contributed by atoms with E-state index in [0.717, 1.165) is 16.5 Å². The van der Waals surface area contributed by atoms with Gasteiger partial charge in [-0.3, -0.25) is 10.7 Å². The predicted octanol–water partition coefficient (Wildman–Crippen LogP) is 3.06. The van der Waals surface area contributed by atoms with Crippen LogP contribution in [0.15, 0.2) is 42.7 Å². The fourth-order valence-corrected chi connectivity index (χ4v) is 2.46. The van der Waals surface area contributed by atoms with Crippen LogP contribution in [-0.2, 0) is 6.54 Å². The molecule has 0 bridgehead atoms. The first-order valence-electron chi connectivity index (χ1n) is 7.35. The van der Waals surface area contributed by atoms with E-state index in [1.54, 1.807) is 20.3 Å². The lowest BCUT2D eigenvalue weighted by molar-refractivity contribution is 0.356. The van der Waals surface area contributed by atoms with Gasteiger partial charge in [0.15, 0.2) is 11.5 Å². The Bertz CT molecular complexity index is 854. The van der Waals surface area contributed by atoms with Crippen LogP contribution in [0, 0.1) is 0 Å². The number of methoxy groups -OCH3 is 2. The van der Waals surface area contributed by atoms with Gasteiger partial charge in [-0.25, -0.2) is 9.97 Å². The molecule has 0 amide bonds. The second kappa shape index (κ2) is 7.01. The Hall–Kier alpha value is -3.06. The highest BCUT2D eigenvalue weighted by molar-refractivity contribution is 5.91. The van der Waals surface area contributed by atoms with Gasteiger partial charge in [-0.15, -0.1) is 0 Å². The number of anilines is 2. The zero-order valence-corrected chi connectivity index (χ0v) is 13.4. The Morgan fingerprint density at radius 2 is 1.83 bits per heavy atom. The molecule has 0 aliphatic carbocycles. The molecule has 0 aliphatic rings. The average Bonchev–Trinajstić information content (AvgIpc) is 2.65. The van der Waals surface area contributed by atoms with E-state index in [1.165, 1.54) is 6.33 Å². The molecule has 1 aromatic heterocycles. The van der Waals surface area contributed by atoms with Gasteiger partial charge in [0.05, 0.1) is 25.4 Å². The molecule has 3 rings (SSSR count). The summed E-state index contributed by atoms with van der Waals surface area (Å²) in [6, 6.07) is 11.1. The Morgan fingerprint density at radius 1 is 1.04 bits per heavy atom. The molecule has 7 heteroatoms. The first kappa shape index (κ1) is 15.8. The van der Waals surface area contributed by atoms with Crippen molar-refractivity contribution in [3.63, 3.8) is 0 Å². The predicted molar refractivity (Wildman–Crippen MR) is 91.8 cm³/mol. The molecular formula is C17H18N4O3. The molecule has 0 spiro atoms. The highest BCUT2D eigenvalue weighted by atomic mass is 16.5. The average molecular weight is 326 g/mol. The molecule has 0 fully saturated rings. The van der Waals surface area contributed by atoms with E-state index >= 15 is 0 Å². The monoisotopic (exact) mass is 326 g/mol. The number of hydrogen-bond acceptors (Lipinski definition) is 7. The van der Waals surface area contributed by atoms with Gasteiger partial charge in [0.1, 0.15) is 12.1 Å². The molecule has 7 nitrogen and oxygen atoms in total. The quantitative estimate of drug-likeness (QED) is 0.600. The summed E-state index contributed by atoms with van der Waals surface area (Å²) in [5.41, 5.74) is 4.53. The fourth-order valence-electron chi connectivity index (χ4n) is 2.46. The van der Waals surface area contributed by atoms with Crippen LogP contribution in [0.2, 0.25) is 0 Å². The van der Waals surface area contributed by atoms with Gasteiger partial charge in [0.2, 0.25) is 0 Å². The van der Waals surface area contributed by atoms with E-state index in [2.05, 4.69) is 20.8 Å². The third-order valence-corrected chi connectivity index (χ3v) is 3.66. The topological polar surface area (TPSA) is 88.5 Å². The third kappa shape index (κ3) is 3.16. The molecule has 124 valence electrons. The smallest absolute Gasteiger partial charge is 0.162 e. The lowest BCUT2D eigenvalue weighted by Gasteiger charge is -2.12.